The first kappa shape index (κ1) is 23.5. The molecule has 34 heavy (non-hydrogen) atoms. The highest BCUT2D eigenvalue weighted by Crippen LogP contribution is 2.25. The summed E-state index contributed by atoms with van der Waals surface area (Å²) in [5.74, 6) is 1.72. The Kier molecular flexibility index (Phi) is 7.60. The van der Waals surface area contributed by atoms with E-state index in [0.29, 0.717) is 23.2 Å². The molecule has 5 rings (SSSR count). The van der Waals surface area contributed by atoms with Crippen LogP contribution >= 0.6 is 12.4 Å². The quantitative estimate of drug-likeness (QED) is 0.358. The van der Waals surface area contributed by atoms with Crippen LogP contribution in [-0.4, -0.2) is 28.0 Å². The molecule has 2 heterocycles. The minimum absolute atomic E-state index is 0. The van der Waals surface area contributed by atoms with Crippen molar-refractivity contribution in [3.8, 4) is 11.6 Å². The van der Waals surface area contributed by atoms with E-state index in [1.165, 1.54) is 0 Å². The number of rotatable bonds is 6. The maximum absolute atomic E-state index is 13.0. The van der Waals surface area contributed by atoms with Gasteiger partial charge in [-0.15, -0.1) is 12.4 Å². The second-order valence-electron chi connectivity index (χ2n) is 8.33. The Bertz CT molecular complexity index is 1240. The summed E-state index contributed by atoms with van der Waals surface area (Å²) in [7, 11) is 0. The number of carbonyl (C=O) groups excluding carboxylic acids is 1. The Morgan fingerprint density at radius 3 is 2.38 bits per heavy atom. The third kappa shape index (κ3) is 5.64. The van der Waals surface area contributed by atoms with Crippen molar-refractivity contribution in [2.75, 3.05) is 5.32 Å². The molecule has 2 N–H and O–H groups in total. The van der Waals surface area contributed by atoms with Crippen LogP contribution in [0.5, 0.6) is 11.6 Å². The molecule has 7 heteroatoms. The summed E-state index contributed by atoms with van der Waals surface area (Å²) in [4.78, 5) is 22.0. The predicted octanol–water partition coefficient (Wildman–Crippen LogP) is 6.00. The predicted molar refractivity (Wildman–Crippen MR) is 137 cm³/mol. The van der Waals surface area contributed by atoms with Crippen molar-refractivity contribution in [3.05, 3.63) is 90.6 Å². The number of fused-ring (bicyclic) bond motifs is 1. The van der Waals surface area contributed by atoms with Crippen molar-refractivity contribution in [1.82, 2.24) is 15.3 Å². The molecule has 0 unspecified atom stereocenters. The second kappa shape index (κ2) is 11.0. The Balaban J connectivity index is 0.00000274. The van der Waals surface area contributed by atoms with E-state index in [9.17, 15) is 4.79 Å². The van der Waals surface area contributed by atoms with Gasteiger partial charge >= 0.3 is 0 Å². The van der Waals surface area contributed by atoms with Gasteiger partial charge in [0.05, 0.1) is 5.52 Å². The van der Waals surface area contributed by atoms with E-state index in [1.807, 2.05) is 54.6 Å². The van der Waals surface area contributed by atoms with E-state index in [4.69, 9.17) is 9.72 Å². The molecule has 1 amide bonds. The minimum atomic E-state index is -0.151. The number of halogens is 1. The summed E-state index contributed by atoms with van der Waals surface area (Å²) in [6, 6.07) is 25.6. The maximum atomic E-state index is 13.0. The largest absolute Gasteiger partial charge is 0.438 e. The zero-order chi connectivity index (χ0) is 22.5. The Morgan fingerprint density at radius 2 is 1.56 bits per heavy atom. The fraction of sp³-hybridized carbons (Fsp3) is 0.222. The number of ether oxygens (including phenoxy) is 1. The molecule has 0 atom stereocenters. The summed E-state index contributed by atoms with van der Waals surface area (Å²) in [6.07, 6.45) is 5.39. The molecule has 0 radical (unpaired) electrons. The lowest BCUT2D eigenvalue weighted by Gasteiger charge is -2.30. The molecule has 6 nitrogen and oxygen atoms in total. The smallest absolute Gasteiger partial charge is 0.257 e. The molecular weight excluding hydrogens is 448 g/mol. The number of nitrogens with zero attached hydrogens (tertiary/aromatic N) is 2. The monoisotopic (exact) mass is 474 g/mol. The van der Waals surface area contributed by atoms with Crippen molar-refractivity contribution >= 4 is 35.0 Å². The summed E-state index contributed by atoms with van der Waals surface area (Å²) in [5.41, 5.74) is 1.44. The molecule has 0 saturated heterocycles. The lowest BCUT2D eigenvalue weighted by Crippen LogP contribution is -2.40. The molecule has 1 aliphatic rings. The highest BCUT2D eigenvalue weighted by atomic mass is 35.5. The van der Waals surface area contributed by atoms with E-state index in [-0.39, 0.29) is 24.4 Å². The van der Waals surface area contributed by atoms with Gasteiger partial charge in [0, 0.05) is 23.7 Å². The molecule has 0 aliphatic heterocycles. The first-order valence-electron chi connectivity index (χ1n) is 11.4. The van der Waals surface area contributed by atoms with Crippen LogP contribution in [0, 0.1) is 0 Å². The normalized spacial score (nSPS) is 17.4. The van der Waals surface area contributed by atoms with Gasteiger partial charge in [0.15, 0.2) is 0 Å². The van der Waals surface area contributed by atoms with E-state index >= 15 is 0 Å². The molecule has 2 aromatic carbocycles. The Hall–Kier alpha value is -3.64. The standard InChI is InChI=1S/C27H26N4O2.ClH/c32-26(23-10-6-18-28-27(23)33-22-8-2-1-3-9-22)30-21-15-13-20(14-16-21)29-25-17-12-19-7-4-5-11-24(19)31-25;/h1-12,17-18,20-21H,13-16H2,(H,29,31)(H,30,32);1H. The summed E-state index contributed by atoms with van der Waals surface area (Å²) >= 11 is 0. The van der Waals surface area contributed by atoms with E-state index in [1.54, 1.807) is 18.3 Å². The number of nitrogens with one attached hydrogen (secondary N) is 2. The van der Waals surface area contributed by atoms with Crippen molar-refractivity contribution in [3.63, 3.8) is 0 Å². The average Bonchev–Trinajstić information content (AvgIpc) is 2.86. The number of hydrogen-bond donors (Lipinski definition) is 2. The molecule has 1 saturated carbocycles. The van der Waals surface area contributed by atoms with Crippen LogP contribution in [0.1, 0.15) is 36.0 Å². The zero-order valence-corrected chi connectivity index (χ0v) is 19.5. The van der Waals surface area contributed by atoms with Gasteiger partial charge in [-0.05, 0) is 68.1 Å². The lowest BCUT2D eigenvalue weighted by atomic mass is 9.91. The number of anilines is 1. The average molecular weight is 475 g/mol. The van der Waals surface area contributed by atoms with Gasteiger partial charge in [-0.25, -0.2) is 9.97 Å². The number of para-hydroxylation sites is 2. The lowest BCUT2D eigenvalue weighted by molar-refractivity contribution is 0.0923. The number of hydrogen-bond acceptors (Lipinski definition) is 5. The number of aromatic nitrogens is 2. The van der Waals surface area contributed by atoms with Crippen LogP contribution in [0.2, 0.25) is 0 Å². The first-order chi connectivity index (χ1) is 16.2. The van der Waals surface area contributed by atoms with Crippen molar-refractivity contribution in [1.29, 1.82) is 0 Å². The third-order valence-electron chi connectivity index (χ3n) is 5.99. The fourth-order valence-corrected chi connectivity index (χ4v) is 4.25. The topological polar surface area (TPSA) is 76.1 Å². The molecule has 0 bridgehead atoms. The van der Waals surface area contributed by atoms with E-state index in [2.05, 4.69) is 27.8 Å². The van der Waals surface area contributed by atoms with Crippen LogP contribution < -0.4 is 15.4 Å². The first-order valence-corrected chi connectivity index (χ1v) is 11.4. The summed E-state index contributed by atoms with van der Waals surface area (Å²) in [6.45, 7) is 0. The van der Waals surface area contributed by atoms with Crippen LogP contribution in [0.4, 0.5) is 5.82 Å². The number of pyridine rings is 2. The number of amides is 1. The van der Waals surface area contributed by atoms with Gasteiger partial charge < -0.3 is 15.4 Å². The fourth-order valence-electron chi connectivity index (χ4n) is 4.25. The molecule has 4 aromatic rings. The highest BCUT2D eigenvalue weighted by Gasteiger charge is 2.24. The SMILES string of the molecule is Cl.O=C(NC1CCC(Nc2ccc3ccccc3n2)CC1)c1cccnc1Oc1ccccc1. The van der Waals surface area contributed by atoms with Crippen LogP contribution in [0.15, 0.2) is 85.1 Å². The third-order valence-corrected chi connectivity index (χ3v) is 5.99. The van der Waals surface area contributed by atoms with Crippen molar-refractivity contribution < 1.29 is 9.53 Å². The minimum Gasteiger partial charge on any atom is -0.438 e. The van der Waals surface area contributed by atoms with Crippen LogP contribution in [-0.2, 0) is 0 Å². The van der Waals surface area contributed by atoms with Gasteiger partial charge in [0.25, 0.3) is 5.91 Å². The zero-order valence-electron chi connectivity index (χ0n) is 18.7. The van der Waals surface area contributed by atoms with Crippen molar-refractivity contribution in [2.24, 2.45) is 0 Å². The Labute approximate surface area is 205 Å². The van der Waals surface area contributed by atoms with Crippen LogP contribution in [0.25, 0.3) is 10.9 Å². The van der Waals surface area contributed by atoms with E-state index in [0.717, 1.165) is 42.4 Å². The summed E-state index contributed by atoms with van der Waals surface area (Å²) in [5, 5.41) is 7.87. The molecular formula is C27H27ClN4O2. The van der Waals surface area contributed by atoms with Gasteiger partial charge in [-0.3, -0.25) is 4.79 Å². The number of benzene rings is 2. The molecule has 2 aromatic heterocycles. The van der Waals surface area contributed by atoms with Gasteiger partial charge in [-0.2, -0.15) is 0 Å². The van der Waals surface area contributed by atoms with Crippen molar-refractivity contribution in [2.45, 2.75) is 37.8 Å². The number of carbonyl (C=O) groups is 1. The maximum Gasteiger partial charge on any atom is 0.257 e. The summed E-state index contributed by atoms with van der Waals surface area (Å²) < 4.78 is 5.84. The second-order valence-corrected chi connectivity index (χ2v) is 8.33. The molecule has 1 fully saturated rings. The Morgan fingerprint density at radius 1 is 0.824 bits per heavy atom. The molecule has 0 spiro atoms. The van der Waals surface area contributed by atoms with Gasteiger partial charge in [0.1, 0.15) is 17.1 Å². The van der Waals surface area contributed by atoms with Gasteiger partial charge in [0.2, 0.25) is 5.88 Å². The molecule has 1 aliphatic carbocycles. The van der Waals surface area contributed by atoms with Gasteiger partial charge in [-0.1, -0.05) is 36.4 Å². The highest BCUT2D eigenvalue weighted by molar-refractivity contribution is 5.96. The molecule has 174 valence electrons. The van der Waals surface area contributed by atoms with E-state index < -0.39 is 0 Å². The van der Waals surface area contributed by atoms with Crippen LogP contribution in [0.3, 0.4) is 0 Å².